The number of rotatable bonds is 6. The number of amides is 2. The molecule has 0 unspecified atom stereocenters. The lowest BCUT2D eigenvalue weighted by atomic mass is 9.95. The first-order valence-corrected chi connectivity index (χ1v) is 14.7. The van der Waals surface area contributed by atoms with E-state index in [9.17, 15) is 19.5 Å². The van der Waals surface area contributed by atoms with Gasteiger partial charge in [0.25, 0.3) is 0 Å². The summed E-state index contributed by atoms with van der Waals surface area (Å²) in [5.74, 6) is -0.802. The number of cyclic esters (lactones) is 1. The van der Waals surface area contributed by atoms with Crippen molar-refractivity contribution in [2.75, 3.05) is 0 Å². The zero-order chi connectivity index (χ0) is 31.5. The zero-order valence-electron chi connectivity index (χ0n) is 26.0. The van der Waals surface area contributed by atoms with E-state index in [1.165, 1.54) is 12.2 Å². The Labute approximate surface area is 251 Å². The smallest absolute Gasteiger partial charge is 0.404 e. The van der Waals surface area contributed by atoms with Gasteiger partial charge in [0, 0.05) is 36.6 Å². The van der Waals surface area contributed by atoms with Crippen molar-refractivity contribution in [3.8, 4) is 0 Å². The Bertz CT molecular complexity index is 1090. The first kappa shape index (κ1) is 36.4. The highest BCUT2D eigenvalue weighted by Gasteiger charge is 2.20. The Morgan fingerprint density at radius 3 is 2.60 bits per heavy atom. The SMILES string of the molecule is CC(C)=CC(=O)N/C=C/C(C)=C/[C@@H](C)[C@H]1C/C(C)=C/C=C/CC[C@H](OC(N)=O)[C@@H](C)/C=C/[C@@H](O)CCC/C=C/C(=O)O1. The van der Waals surface area contributed by atoms with Crippen LogP contribution in [0.15, 0.2) is 83.7 Å². The molecule has 8 heteroatoms. The van der Waals surface area contributed by atoms with E-state index in [1.807, 2.05) is 78.0 Å². The maximum Gasteiger partial charge on any atom is 0.404 e. The van der Waals surface area contributed by atoms with E-state index in [2.05, 4.69) is 5.32 Å². The summed E-state index contributed by atoms with van der Waals surface area (Å²) in [7, 11) is 0. The van der Waals surface area contributed by atoms with E-state index < -0.39 is 30.4 Å². The topological polar surface area (TPSA) is 128 Å². The van der Waals surface area contributed by atoms with E-state index >= 15 is 0 Å². The van der Waals surface area contributed by atoms with Crippen molar-refractivity contribution in [3.05, 3.63) is 83.7 Å². The summed E-state index contributed by atoms with van der Waals surface area (Å²) < 4.78 is 11.2. The quantitative estimate of drug-likeness (QED) is 0.142. The zero-order valence-corrected chi connectivity index (χ0v) is 26.0. The van der Waals surface area contributed by atoms with Crippen molar-refractivity contribution < 1.29 is 29.0 Å². The summed E-state index contributed by atoms with van der Waals surface area (Å²) >= 11 is 0. The van der Waals surface area contributed by atoms with Gasteiger partial charge < -0.3 is 25.6 Å². The van der Waals surface area contributed by atoms with Crippen LogP contribution in [0, 0.1) is 11.8 Å². The van der Waals surface area contributed by atoms with E-state index in [0.29, 0.717) is 38.5 Å². The molecular weight excluding hydrogens is 532 g/mol. The maximum absolute atomic E-state index is 12.7. The van der Waals surface area contributed by atoms with Gasteiger partial charge in [-0.15, -0.1) is 0 Å². The van der Waals surface area contributed by atoms with Gasteiger partial charge in [-0.25, -0.2) is 9.59 Å². The van der Waals surface area contributed by atoms with Crippen molar-refractivity contribution in [1.82, 2.24) is 5.32 Å². The van der Waals surface area contributed by atoms with Crippen LogP contribution >= 0.6 is 0 Å². The monoisotopic (exact) mass is 582 g/mol. The summed E-state index contributed by atoms with van der Waals surface area (Å²) in [6, 6.07) is 0. The highest BCUT2D eigenvalue weighted by atomic mass is 16.6. The lowest BCUT2D eigenvalue weighted by Gasteiger charge is -2.22. The number of allylic oxidation sites excluding steroid dienone is 7. The fourth-order valence-corrected chi connectivity index (χ4v) is 4.36. The van der Waals surface area contributed by atoms with Crippen molar-refractivity contribution in [2.24, 2.45) is 17.6 Å². The number of aliphatic hydroxyl groups excluding tert-OH is 1. The number of hydrogen-bond acceptors (Lipinski definition) is 6. The van der Waals surface area contributed by atoms with Crippen LogP contribution in [0.1, 0.15) is 80.1 Å². The number of primary amides is 1. The van der Waals surface area contributed by atoms with Gasteiger partial charge in [-0.3, -0.25) is 4.79 Å². The number of aliphatic hydroxyl groups is 1. The molecule has 0 saturated carbocycles. The highest BCUT2D eigenvalue weighted by Crippen LogP contribution is 2.21. The largest absolute Gasteiger partial charge is 0.458 e. The van der Waals surface area contributed by atoms with Crippen LogP contribution in [-0.2, 0) is 19.1 Å². The van der Waals surface area contributed by atoms with Crippen LogP contribution in [0.2, 0.25) is 0 Å². The number of hydrogen-bond donors (Lipinski definition) is 3. The van der Waals surface area contributed by atoms with E-state index in [1.54, 1.807) is 18.4 Å². The van der Waals surface area contributed by atoms with Gasteiger partial charge in [0.15, 0.2) is 0 Å². The predicted molar refractivity (Wildman–Crippen MR) is 168 cm³/mol. The molecule has 0 aromatic heterocycles. The molecule has 1 aliphatic rings. The van der Waals surface area contributed by atoms with Crippen molar-refractivity contribution >= 4 is 18.0 Å². The Morgan fingerprint density at radius 1 is 1.17 bits per heavy atom. The van der Waals surface area contributed by atoms with Gasteiger partial charge in [-0.1, -0.05) is 73.1 Å². The van der Waals surface area contributed by atoms with Crippen molar-refractivity contribution in [2.45, 2.75) is 98.4 Å². The summed E-state index contributed by atoms with van der Waals surface area (Å²) in [5.41, 5.74) is 8.17. The first-order chi connectivity index (χ1) is 19.9. The van der Waals surface area contributed by atoms with Crippen LogP contribution in [0.25, 0.3) is 0 Å². The average molecular weight is 583 g/mol. The van der Waals surface area contributed by atoms with E-state index in [4.69, 9.17) is 15.2 Å². The molecular formula is C34H50N2O6. The number of nitrogens with two attached hydrogens (primary N) is 1. The number of ether oxygens (including phenoxy) is 2. The van der Waals surface area contributed by atoms with Crippen molar-refractivity contribution in [3.63, 3.8) is 0 Å². The molecule has 1 heterocycles. The van der Waals surface area contributed by atoms with E-state index in [0.717, 1.165) is 16.7 Å². The lowest BCUT2D eigenvalue weighted by Crippen LogP contribution is -2.27. The molecule has 0 bridgehead atoms. The number of esters is 1. The van der Waals surface area contributed by atoms with Crippen LogP contribution < -0.4 is 11.1 Å². The molecule has 4 N–H and O–H groups in total. The molecule has 0 fully saturated rings. The Balaban J connectivity index is 3.09. The average Bonchev–Trinajstić information content (AvgIpc) is 2.89. The number of carbonyl (C=O) groups is 3. The second-order valence-corrected chi connectivity index (χ2v) is 11.2. The van der Waals surface area contributed by atoms with Crippen LogP contribution in [0.5, 0.6) is 0 Å². The fourth-order valence-electron chi connectivity index (χ4n) is 4.36. The molecule has 0 aromatic rings. The molecule has 2 amide bonds. The van der Waals surface area contributed by atoms with Gasteiger partial charge in [0.05, 0.1) is 6.10 Å². The Kier molecular flexibility index (Phi) is 17.6. The molecule has 1 aliphatic heterocycles. The summed E-state index contributed by atoms with van der Waals surface area (Å²) in [6.07, 6.45) is 21.0. The Hall–Kier alpha value is -3.65. The molecule has 1 rings (SSSR count). The molecule has 0 spiro atoms. The number of carbonyl (C=O) groups excluding carboxylic acids is 3. The fraction of sp³-hybridized carbons (Fsp3) is 0.500. The molecule has 232 valence electrons. The summed E-state index contributed by atoms with van der Waals surface area (Å²) in [4.78, 5) is 35.9. The third-order valence-electron chi connectivity index (χ3n) is 6.64. The van der Waals surface area contributed by atoms with E-state index in [-0.39, 0.29) is 17.7 Å². The van der Waals surface area contributed by atoms with Crippen LogP contribution in [0.4, 0.5) is 4.79 Å². The Morgan fingerprint density at radius 2 is 1.90 bits per heavy atom. The second kappa shape index (κ2) is 20.3. The minimum atomic E-state index is -0.815. The summed E-state index contributed by atoms with van der Waals surface area (Å²) in [5, 5.41) is 13.0. The molecule has 0 radical (unpaired) electrons. The van der Waals surface area contributed by atoms with Gasteiger partial charge in [0.2, 0.25) is 5.91 Å². The lowest BCUT2D eigenvalue weighted by molar-refractivity contribution is -0.144. The third-order valence-corrected chi connectivity index (χ3v) is 6.64. The maximum atomic E-state index is 12.7. The van der Waals surface area contributed by atoms with Gasteiger partial charge >= 0.3 is 12.1 Å². The van der Waals surface area contributed by atoms with Gasteiger partial charge in [-0.05, 0) is 65.9 Å². The molecule has 0 saturated heterocycles. The molecule has 5 atom stereocenters. The molecule has 8 nitrogen and oxygen atoms in total. The van der Waals surface area contributed by atoms with Crippen molar-refractivity contribution in [1.29, 1.82) is 0 Å². The standard InChI is InChI=1S/C34H50N2O6/c1-24(2)21-32(38)36-20-19-26(4)22-28(6)31-23-25(3)13-9-7-11-15-30(42-34(35)40)27(5)17-18-29(37)14-10-8-12-16-33(39)41-31/h7,9,12-13,16-22,27-31,37H,8,10-11,14-15,23H2,1-6H3,(H2,35,40)(H,36,38)/b9-7+,16-12+,18-17+,20-19+,25-13+,26-22+/t27-,28+,29-,30-,31+/m0/s1. The third kappa shape index (κ3) is 17.2. The summed E-state index contributed by atoms with van der Waals surface area (Å²) in [6.45, 7) is 11.6. The first-order valence-electron chi connectivity index (χ1n) is 14.7. The highest BCUT2D eigenvalue weighted by molar-refractivity contribution is 5.88. The van der Waals surface area contributed by atoms with Gasteiger partial charge in [-0.2, -0.15) is 0 Å². The predicted octanol–water partition coefficient (Wildman–Crippen LogP) is 6.51. The van der Waals surface area contributed by atoms with Crippen LogP contribution in [-0.4, -0.2) is 41.4 Å². The number of nitrogens with one attached hydrogen (secondary N) is 1. The second-order valence-electron chi connectivity index (χ2n) is 11.2. The molecule has 0 aliphatic carbocycles. The van der Waals surface area contributed by atoms with Crippen LogP contribution in [0.3, 0.4) is 0 Å². The minimum absolute atomic E-state index is 0.0965. The molecule has 0 aromatic carbocycles. The minimum Gasteiger partial charge on any atom is -0.458 e. The molecule has 42 heavy (non-hydrogen) atoms. The normalized spacial score (nSPS) is 27.8. The van der Waals surface area contributed by atoms with Gasteiger partial charge in [0.1, 0.15) is 12.2 Å².